The van der Waals surface area contributed by atoms with Crippen molar-refractivity contribution in [2.75, 3.05) is 18.1 Å². The normalized spacial score (nSPS) is 13.7. The first-order valence-corrected chi connectivity index (χ1v) is 7.38. The Hall–Kier alpha value is -2.00. The Bertz CT molecular complexity index is 657. The maximum absolute atomic E-state index is 12.4. The zero-order valence-corrected chi connectivity index (χ0v) is 12.3. The van der Waals surface area contributed by atoms with Crippen LogP contribution in [0.2, 0.25) is 5.02 Å². The number of aryl methyl sites for hydroxylation is 1. The minimum Gasteiger partial charge on any atom is -0.484 e. The third-order valence-electron chi connectivity index (χ3n) is 3.57. The molecule has 0 unspecified atom stereocenters. The molecule has 1 amide bonds. The zero-order valence-electron chi connectivity index (χ0n) is 11.6. The fraction of sp³-hybridized carbons (Fsp3) is 0.235. The van der Waals surface area contributed by atoms with E-state index in [1.165, 1.54) is 5.56 Å². The quantitative estimate of drug-likeness (QED) is 0.865. The highest BCUT2D eigenvalue weighted by Gasteiger charge is 2.22. The van der Waals surface area contributed by atoms with Crippen LogP contribution in [0.25, 0.3) is 0 Å². The van der Waals surface area contributed by atoms with Gasteiger partial charge in [-0.1, -0.05) is 35.9 Å². The smallest absolute Gasteiger partial charge is 0.264 e. The average Bonchev–Trinajstić information content (AvgIpc) is 2.52. The molecule has 4 heteroatoms. The summed E-state index contributed by atoms with van der Waals surface area (Å²) in [6.07, 6.45) is 2.01. The molecule has 2 aromatic carbocycles. The molecule has 2 aromatic rings. The molecular weight excluding hydrogens is 286 g/mol. The predicted octanol–water partition coefficient (Wildman–Crippen LogP) is 3.70. The van der Waals surface area contributed by atoms with E-state index in [4.69, 9.17) is 16.3 Å². The highest BCUT2D eigenvalue weighted by molar-refractivity contribution is 6.30. The molecule has 0 fully saturated rings. The van der Waals surface area contributed by atoms with Crippen molar-refractivity contribution in [3.63, 3.8) is 0 Å². The molecule has 1 heterocycles. The standard InChI is InChI=1S/C17H16ClNO2/c18-14-7-3-8-15(11-14)21-12-17(20)19-10-4-6-13-5-1-2-9-16(13)19/h1-3,5,7-9,11H,4,6,10,12H2. The fourth-order valence-electron chi connectivity index (χ4n) is 2.57. The van der Waals surface area contributed by atoms with Gasteiger partial charge in [0.25, 0.3) is 5.91 Å². The number of fused-ring (bicyclic) bond motifs is 1. The maximum Gasteiger partial charge on any atom is 0.264 e. The molecule has 21 heavy (non-hydrogen) atoms. The Morgan fingerprint density at radius 1 is 1.19 bits per heavy atom. The molecule has 0 aromatic heterocycles. The fourth-order valence-corrected chi connectivity index (χ4v) is 2.75. The van der Waals surface area contributed by atoms with Crippen LogP contribution in [0.4, 0.5) is 5.69 Å². The van der Waals surface area contributed by atoms with E-state index in [9.17, 15) is 4.79 Å². The molecule has 3 nitrogen and oxygen atoms in total. The molecule has 108 valence electrons. The van der Waals surface area contributed by atoms with Crippen LogP contribution in [0.1, 0.15) is 12.0 Å². The molecule has 0 aliphatic carbocycles. The highest BCUT2D eigenvalue weighted by Crippen LogP contribution is 2.27. The Balaban J connectivity index is 1.69. The minimum absolute atomic E-state index is 0.0225. The van der Waals surface area contributed by atoms with Crippen molar-refractivity contribution < 1.29 is 9.53 Å². The van der Waals surface area contributed by atoms with Crippen LogP contribution in [0, 0.1) is 0 Å². The number of nitrogens with zero attached hydrogens (tertiary/aromatic N) is 1. The number of amides is 1. The molecule has 0 N–H and O–H groups in total. The topological polar surface area (TPSA) is 29.5 Å². The Morgan fingerprint density at radius 2 is 2.05 bits per heavy atom. The summed E-state index contributed by atoms with van der Waals surface area (Å²) in [4.78, 5) is 14.2. The van der Waals surface area contributed by atoms with Crippen LogP contribution in [-0.4, -0.2) is 19.1 Å². The molecule has 0 spiro atoms. The lowest BCUT2D eigenvalue weighted by Crippen LogP contribution is -2.38. The SMILES string of the molecule is O=C(COc1cccc(Cl)c1)N1CCCc2ccccc21. The van der Waals surface area contributed by atoms with Crippen molar-refractivity contribution in [2.45, 2.75) is 12.8 Å². The Morgan fingerprint density at radius 3 is 2.90 bits per heavy atom. The third-order valence-corrected chi connectivity index (χ3v) is 3.80. The van der Waals surface area contributed by atoms with Crippen molar-refractivity contribution in [3.05, 3.63) is 59.1 Å². The summed E-state index contributed by atoms with van der Waals surface area (Å²) in [5.41, 5.74) is 2.23. The van der Waals surface area contributed by atoms with Gasteiger partial charge in [-0.3, -0.25) is 4.79 Å². The third kappa shape index (κ3) is 3.19. The zero-order chi connectivity index (χ0) is 14.7. The van der Waals surface area contributed by atoms with Crippen LogP contribution < -0.4 is 9.64 Å². The van der Waals surface area contributed by atoms with Crippen LogP contribution in [0.5, 0.6) is 5.75 Å². The molecular formula is C17H16ClNO2. The first kappa shape index (κ1) is 14.0. The van der Waals surface area contributed by atoms with Crippen molar-refractivity contribution >= 4 is 23.2 Å². The number of hydrogen-bond donors (Lipinski definition) is 0. The Labute approximate surface area is 129 Å². The van der Waals surface area contributed by atoms with E-state index in [1.807, 2.05) is 23.1 Å². The van der Waals surface area contributed by atoms with Crippen molar-refractivity contribution in [3.8, 4) is 5.75 Å². The number of ether oxygens (including phenoxy) is 1. The van der Waals surface area contributed by atoms with E-state index < -0.39 is 0 Å². The minimum atomic E-state index is -0.0258. The van der Waals surface area contributed by atoms with Crippen molar-refractivity contribution in [2.24, 2.45) is 0 Å². The van der Waals surface area contributed by atoms with Crippen molar-refractivity contribution in [1.82, 2.24) is 0 Å². The monoisotopic (exact) mass is 301 g/mol. The van der Waals surface area contributed by atoms with Gasteiger partial charge in [-0.25, -0.2) is 0 Å². The maximum atomic E-state index is 12.4. The number of carbonyl (C=O) groups is 1. The molecule has 1 aliphatic heterocycles. The lowest BCUT2D eigenvalue weighted by Gasteiger charge is -2.29. The second kappa shape index (κ2) is 6.19. The van der Waals surface area contributed by atoms with Gasteiger partial charge in [-0.05, 0) is 42.7 Å². The van der Waals surface area contributed by atoms with Crippen LogP contribution in [0.15, 0.2) is 48.5 Å². The summed E-state index contributed by atoms with van der Waals surface area (Å²) in [5.74, 6) is 0.586. The van der Waals surface area contributed by atoms with E-state index in [0.717, 1.165) is 25.1 Å². The lowest BCUT2D eigenvalue weighted by atomic mass is 10.0. The van der Waals surface area contributed by atoms with Gasteiger partial charge in [-0.15, -0.1) is 0 Å². The number of rotatable bonds is 3. The molecule has 0 bridgehead atoms. The Kier molecular flexibility index (Phi) is 4.11. The molecule has 0 atom stereocenters. The molecule has 0 radical (unpaired) electrons. The van der Waals surface area contributed by atoms with Gasteiger partial charge in [0.1, 0.15) is 5.75 Å². The number of para-hydroxylation sites is 1. The second-order valence-electron chi connectivity index (χ2n) is 5.02. The van der Waals surface area contributed by atoms with E-state index in [1.54, 1.807) is 24.3 Å². The van der Waals surface area contributed by atoms with Gasteiger partial charge in [-0.2, -0.15) is 0 Å². The first-order valence-electron chi connectivity index (χ1n) is 7.01. The molecule has 1 aliphatic rings. The second-order valence-corrected chi connectivity index (χ2v) is 5.46. The number of halogens is 1. The van der Waals surface area contributed by atoms with Gasteiger partial charge in [0.05, 0.1) is 0 Å². The predicted molar refractivity (Wildman–Crippen MR) is 84.1 cm³/mol. The van der Waals surface area contributed by atoms with Crippen LogP contribution in [0.3, 0.4) is 0 Å². The van der Waals surface area contributed by atoms with Crippen LogP contribution >= 0.6 is 11.6 Å². The van der Waals surface area contributed by atoms with E-state index in [-0.39, 0.29) is 12.5 Å². The van der Waals surface area contributed by atoms with E-state index >= 15 is 0 Å². The van der Waals surface area contributed by atoms with E-state index in [0.29, 0.717) is 10.8 Å². The van der Waals surface area contributed by atoms with E-state index in [2.05, 4.69) is 6.07 Å². The average molecular weight is 302 g/mol. The number of anilines is 1. The highest BCUT2D eigenvalue weighted by atomic mass is 35.5. The number of benzene rings is 2. The lowest BCUT2D eigenvalue weighted by molar-refractivity contribution is -0.120. The van der Waals surface area contributed by atoms with Gasteiger partial charge >= 0.3 is 0 Å². The number of hydrogen-bond acceptors (Lipinski definition) is 2. The van der Waals surface area contributed by atoms with Gasteiger partial charge in [0.2, 0.25) is 0 Å². The van der Waals surface area contributed by atoms with Crippen molar-refractivity contribution in [1.29, 1.82) is 0 Å². The number of carbonyl (C=O) groups excluding carboxylic acids is 1. The first-order chi connectivity index (χ1) is 10.2. The summed E-state index contributed by atoms with van der Waals surface area (Å²) in [6.45, 7) is 0.767. The molecule has 3 rings (SSSR count). The summed E-state index contributed by atoms with van der Waals surface area (Å²) < 4.78 is 5.54. The summed E-state index contributed by atoms with van der Waals surface area (Å²) in [6, 6.07) is 15.1. The van der Waals surface area contributed by atoms with Gasteiger partial charge < -0.3 is 9.64 Å². The summed E-state index contributed by atoms with van der Waals surface area (Å²) in [7, 11) is 0. The van der Waals surface area contributed by atoms with Crippen LogP contribution in [-0.2, 0) is 11.2 Å². The van der Waals surface area contributed by atoms with Gasteiger partial charge in [0.15, 0.2) is 6.61 Å². The molecule has 0 saturated heterocycles. The summed E-state index contributed by atoms with van der Waals surface area (Å²) in [5, 5.41) is 0.600. The molecule has 0 saturated carbocycles. The largest absolute Gasteiger partial charge is 0.484 e. The summed E-state index contributed by atoms with van der Waals surface area (Å²) >= 11 is 5.90. The van der Waals surface area contributed by atoms with Gasteiger partial charge in [0, 0.05) is 17.3 Å².